The summed E-state index contributed by atoms with van der Waals surface area (Å²) < 4.78 is 4.84. The van der Waals surface area contributed by atoms with Crippen LogP contribution < -0.4 is 5.46 Å². The summed E-state index contributed by atoms with van der Waals surface area (Å²) in [6.07, 6.45) is 0. The maximum Gasteiger partial charge on any atom is 0.113 e. The molecule has 0 spiro atoms. The highest BCUT2D eigenvalue weighted by atomic mass is 15.0. The maximum absolute atomic E-state index is 6.19. The Morgan fingerprint density at radius 2 is 0.867 bits per heavy atom. The molecule has 0 saturated heterocycles. The van der Waals surface area contributed by atoms with E-state index in [1.165, 1.54) is 82.7 Å². The Hall–Kier alpha value is -7.36. The van der Waals surface area contributed by atoms with Crippen LogP contribution in [0.2, 0.25) is 0 Å². The van der Waals surface area contributed by atoms with Crippen LogP contribution in [-0.2, 0) is 5.41 Å². The van der Waals surface area contributed by atoms with Gasteiger partial charge in [0.1, 0.15) is 7.85 Å². The van der Waals surface area contributed by atoms with E-state index >= 15 is 0 Å². The van der Waals surface area contributed by atoms with Crippen molar-refractivity contribution >= 4 is 56.9 Å². The van der Waals surface area contributed by atoms with Crippen molar-refractivity contribution in [2.75, 3.05) is 0 Å². The molecule has 0 aliphatic heterocycles. The van der Waals surface area contributed by atoms with Crippen molar-refractivity contribution in [3.8, 4) is 55.9 Å². The van der Waals surface area contributed by atoms with Crippen LogP contribution in [-0.4, -0.2) is 17.0 Å². The van der Waals surface area contributed by atoms with Gasteiger partial charge in [-0.05, 0) is 128 Å². The highest BCUT2D eigenvalue weighted by molar-refractivity contribution is 6.32. The first kappa shape index (κ1) is 34.7. The summed E-state index contributed by atoms with van der Waals surface area (Å²) in [5, 5.41) is 4.97. The number of benzene rings is 9. The number of aromatic nitrogens is 2. The fourth-order valence-corrected chi connectivity index (χ4v) is 10.1. The molecule has 11 aromatic rings. The van der Waals surface area contributed by atoms with Crippen LogP contribution in [0.1, 0.15) is 25.0 Å². The van der Waals surface area contributed by atoms with Gasteiger partial charge < -0.3 is 9.13 Å². The van der Waals surface area contributed by atoms with E-state index in [2.05, 4.69) is 211 Å². The third kappa shape index (κ3) is 5.22. The second-order valence-corrected chi connectivity index (χ2v) is 16.8. The summed E-state index contributed by atoms with van der Waals surface area (Å²) in [6.45, 7) is 4.69. The van der Waals surface area contributed by atoms with E-state index in [-0.39, 0.29) is 5.41 Å². The zero-order valence-corrected chi connectivity index (χ0v) is 33.5. The SMILES string of the molecule is [B]c1ccc(-c2cc(-c3ccc4c(c3)c3ccccc3n4-c3ccc4c(c3)-c3ccccc3C4(C)C)cc(-c3ccc4c5ccccc5n(-c5ccccc5)c4c3)c2)cc1. The van der Waals surface area contributed by atoms with Crippen LogP contribution >= 0.6 is 0 Å². The topological polar surface area (TPSA) is 9.86 Å². The normalized spacial score (nSPS) is 13.0. The quantitative estimate of drug-likeness (QED) is 0.155. The lowest BCUT2D eigenvalue weighted by atomic mass is 9.82. The molecule has 2 heterocycles. The van der Waals surface area contributed by atoms with Crippen molar-refractivity contribution in [3.05, 3.63) is 211 Å². The highest BCUT2D eigenvalue weighted by Crippen LogP contribution is 2.49. The minimum absolute atomic E-state index is 0.0357. The molecule has 2 aromatic heterocycles. The van der Waals surface area contributed by atoms with Crippen molar-refractivity contribution in [2.45, 2.75) is 19.3 Å². The lowest BCUT2D eigenvalue weighted by Gasteiger charge is -2.21. The largest absolute Gasteiger partial charge is 0.309 e. The molecule has 12 rings (SSSR count). The molecular formula is C57H39BN2. The van der Waals surface area contributed by atoms with Gasteiger partial charge in [0.25, 0.3) is 0 Å². The van der Waals surface area contributed by atoms with E-state index < -0.39 is 0 Å². The Morgan fingerprint density at radius 1 is 0.333 bits per heavy atom. The lowest BCUT2D eigenvalue weighted by molar-refractivity contribution is 0.660. The molecule has 2 nitrogen and oxygen atoms in total. The second kappa shape index (κ2) is 13.1. The van der Waals surface area contributed by atoms with Crippen molar-refractivity contribution in [3.63, 3.8) is 0 Å². The Morgan fingerprint density at radius 3 is 1.62 bits per heavy atom. The summed E-state index contributed by atoms with van der Waals surface area (Å²) in [4.78, 5) is 0. The van der Waals surface area contributed by atoms with E-state index in [4.69, 9.17) is 7.85 Å². The molecular weight excluding hydrogens is 723 g/mol. The average molecular weight is 763 g/mol. The molecule has 3 heteroatoms. The molecule has 0 bridgehead atoms. The van der Waals surface area contributed by atoms with E-state index in [9.17, 15) is 0 Å². The van der Waals surface area contributed by atoms with Crippen LogP contribution in [0.4, 0.5) is 0 Å². The first-order chi connectivity index (χ1) is 29.4. The summed E-state index contributed by atoms with van der Waals surface area (Å²) in [6, 6.07) is 73.4. The summed E-state index contributed by atoms with van der Waals surface area (Å²) in [7, 11) is 6.19. The minimum atomic E-state index is -0.0357. The molecule has 1 aliphatic rings. The number of hydrogen-bond acceptors (Lipinski definition) is 0. The summed E-state index contributed by atoms with van der Waals surface area (Å²) in [5.41, 5.74) is 20.2. The van der Waals surface area contributed by atoms with Crippen LogP contribution in [0.25, 0.3) is 99.5 Å². The van der Waals surface area contributed by atoms with Gasteiger partial charge >= 0.3 is 0 Å². The number of fused-ring (bicyclic) bond motifs is 9. The van der Waals surface area contributed by atoms with E-state index in [1.54, 1.807) is 0 Å². The van der Waals surface area contributed by atoms with Crippen LogP contribution in [0.5, 0.6) is 0 Å². The smallest absolute Gasteiger partial charge is 0.113 e. The zero-order chi connectivity index (χ0) is 40.1. The maximum atomic E-state index is 6.19. The molecule has 60 heavy (non-hydrogen) atoms. The number of hydrogen-bond donors (Lipinski definition) is 0. The fraction of sp³-hybridized carbons (Fsp3) is 0.0526. The van der Waals surface area contributed by atoms with Crippen molar-refractivity contribution in [2.24, 2.45) is 0 Å². The average Bonchev–Trinajstić information content (AvgIpc) is 3.89. The first-order valence-corrected chi connectivity index (χ1v) is 20.8. The Labute approximate surface area is 351 Å². The number of nitrogens with zero attached hydrogens (tertiary/aromatic N) is 2. The molecule has 0 saturated carbocycles. The van der Waals surface area contributed by atoms with E-state index in [0.717, 1.165) is 33.4 Å². The molecule has 280 valence electrons. The molecule has 0 unspecified atom stereocenters. The van der Waals surface area contributed by atoms with Gasteiger partial charge in [-0.2, -0.15) is 0 Å². The minimum Gasteiger partial charge on any atom is -0.309 e. The molecule has 0 atom stereocenters. The standard InChI is InChI=1S/C57H39BN2/c1-57(2)51-17-9-6-14-45(51)49-35-44(26-28-52(49)57)60-54-19-11-8-16-47(54)50-33-37(23-29-55(50)60)40-30-39(36-20-24-42(58)25-21-36)31-41(32-40)38-22-27-48-46-15-7-10-18-53(46)59(56(48)34-38)43-12-4-3-5-13-43/h3-35H,1-2H3. The number of para-hydroxylation sites is 3. The summed E-state index contributed by atoms with van der Waals surface area (Å²) in [5.74, 6) is 0. The van der Waals surface area contributed by atoms with Gasteiger partial charge in [-0.1, -0.05) is 147 Å². The Bertz CT molecular complexity index is 3510. The molecule has 9 aromatic carbocycles. The molecule has 0 fully saturated rings. The van der Waals surface area contributed by atoms with Crippen molar-refractivity contribution in [1.82, 2.24) is 9.13 Å². The van der Waals surface area contributed by atoms with Gasteiger partial charge in [0.15, 0.2) is 0 Å². The zero-order valence-electron chi connectivity index (χ0n) is 33.5. The van der Waals surface area contributed by atoms with Crippen molar-refractivity contribution < 1.29 is 0 Å². The van der Waals surface area contributed by atoms with Crippen LogP contribution in [0, 0.1) is 0 Å². The van der Waals surface area contributed by atoms with E-state index in [0.29, 0.717) is 0 Å². The monoisotopic (exact) mass is 762 g/mol. The van der Waals surface area contributed by atoms with Crippen LogP contribution in [0.3, 0.4) is 0 Å². The molecule has 2 radical (unpaired) electrons. The number of rotatable bonds is 5. The van der Waals surface area contributed by atoms with Crippen molar-refractivity contribution in [1.29, 1.82) is 0 Å². The third-order valence-electron chi connectivity index (χ3n) is 13.0. The van der Waals surface area contributed by atoms with Gasteiger partial charge in [0, 0.05) is 38.3 Å². The Kier molecular flexibility index (Phi) is 7.56. The molecule has 1 aliphatic carbocycles. The van der Waals surface area contributed by atoms with E-state index in [1.807, 2.05) is 12.1 Å². The van der Waals surface area contributed by atoms with Crippen LogP contribution in [0.15, 0.2) is 200 Å². The Balaban J connectivity index is 1.04. The molecule has 0 amide bonds. The summed E-state index contributed by atoms with van der Waals surface area (Å²) >= 11 is 0. The molecule has 0 N–H and O–H groups in total. The fourth-order valence-electron chi connectivity index (χ4n) is 10.1. The second-order valence-electron chi connectivity index (χ2n) is 16.8. The van der Waals surface area contributed by atoms with Gasteiger partial charge in [0.2, 0.25) is 0 Å². The predicted octanol–water partition coefficient (Wildman–Crippen LogP) is 14.0. The van der Waals surface area contributed by atoms with Gasteiger partial charge in [-0.3, -0.25) is 0 Å². The lowest BCUT2D eigenvalue weighted by Crippen LogP contribution is -2.14. The third-order valence-corrected chi connectivity index (χ3v) is 13.0. The van der Waals surface area contributed by atoms with Gasteiger partial charge in [-0.15, -0.1) is 0 Å². The first-order valence-electron chi connectivity index (χ1n) is 20.8. The highest BCUT2D eigenvalue weighted by Gasteiger charge is 2.35. The van der Waals surface area contributed by atoms with Gasteiger partial charge in [-0.25, -0.2) is 0 Å². The van der Waals surface area contributed by atoms with Gasteiger partial charge in [0.05, 0.1) is 22.1 Å². The predicted molar refractivity (Wildman–Crippen MR) is 254 cm³/mol.